The van der Waals surface area contributed by atoms with E-state index in [0.29, 0.717) is 0 Å². The fourth-order valence-electron chi connectivity index (χ4n) is 0.0481. The topological polar surface area (TPSA) is 60.2 Å². The smallest absolute Gasteiger partial charge is 0.208 e. The minimum Gasteiger partial charge on any atom is -0.324 e. The van der Waals surface area contributed by atoms with Gasteiger partial charge in [-0.25, -0.2) is 0 Å². The Balaban J connectivity index is 3.23. The molecule has 3 nitrogen and oxygen atoms in total. The zero-order chi connectivity index (χ0) is 4.99. The van der Waals surface area contributed by atoms with E-state index in [1.807, 2.05) is 0 Å². The third-order valence-electron chi connectivity index (χ3n) is 0.333. The molecule has 0 amide bonds. The molecule has 0 heterocycles. The highest BCUT2D eigenvalue weighted by Gasteiger charge is 1.87. The number of hydrogen-bond acceptors (Lipinski definition) is 3. The molecule has 0 rings (SSSR count). The summed E-state index contributed by atoms with van der Waals surface area (Å²) in [6.07, 6.45) is 0.208. The molecular weight excluding hydrogens is 82.0 g/mol. The van der Waals surface area contributed by atoms with Gasteiger partial charge in [-0.3, -0.25) is 9.59 Å². The number of nitrogens with two attached hydrogens (primary N) is 1. The van der Waals surface area contributed by atoms with Crippen molar-refractivity contribution < 1.29 is 9.59 Å². The van der Waals surface area contributed by atoms with Gasteiger partial charge in [0, 0.05) is 0 Å². The number of carbonyl (C=O) groups is 2. The summed E-state index contributed by atoms with van der Waals surface area (Å²) in [5.41, 5.74) is 4.70. The van der Waals surface area contributed by atoms with Crippen LogP contribution < -0.4 is 5.73 Å². The van der Waals surface area contributed by atoms with Gasteiger partial charge in [-0.05, 0) is 0 Å². The summed E-state index contributed by atoms with van der Waals surface area (Å²) in [4.78, 5) is 19.0. The van der Waals surface area contributed by atoms with Gasteiger partial charge in [0.2, 0.25) is 5.78 Å². The second kappa shape index (κ2) is 2.53. The summed E-state index contributed by atoms with van der Waals surface area (Å²) in [5, 5.41) is 0. The van der Waals surface area contributed by atoms with Crippen LogP contribution in [0.5, 0.6) is 0 Å². The highest BCUT2D eigenvalue weighted by Crippen LogP contribution is 1.49. The van der Waals surface area contributed by atoms with Crippen LogP contribution in [0.25, 0.3) is 0 Å². The van der Waals surface area contributed by atoms with Crippen molar-refractivity contribution in [3.8, 4) is 0 Å². The Kier molecular flexibility index (Phi) is 2.24. The molecule has 0 unspecified atom stereocenters. The van der Waals surface area contributed by atoms with Crippen LogP contribution in [0.4, 0.5) is 0 Å². The molecular formula is C3H5NO2. The first kappa shape index (κ1) is 5.30. The van der Waals surface area contributed by atoms with Gasteiger partial charge in [0.1, 0.15) is 0 Å². The molecule has 0 radical (unpaired) electrons. The molecule has 3 heteroatoms. The van der Waals surface area contributed by atoms with Gasteiger partial charge in [-0.1, -0.05) is 0 Å². The maximum atomic E-state index is 9.69. The van der Waals surface area contributed by atoms with Crippen LogP contribution in [0.15, 0.2) is 0 Å². The van der Waals surface area contributed by atoms with E-state index in [9.17, 15) is 9.59 Å². The van der Waals surface area contributed by atoms with E-state index in [2.05, 4.69) is 0 Å². The molecule has 0 saturated heterocycles. The van der Waals surface area contributed by atoms with E-state index in [0.717, 1.165) is 0 Å². The normalized spacial score (nSPS) is 7.50. The monoisotopic (exact) mass is 87.0 g/mol. The molecule has 0 aromatic heterocycles. The molecule has 34 valence electrons. The zero-order valence-corrected chi connectivity index (χ0v) is 3.18. The molecule has 0 aromatic carbocycles. The standard InChI is InChI=1S/C3H5NO2/c4-1-3(6)2-5/h2H,1,4H2. The van der Waals surface area contributed by atoms with Crippen LogP contribution in [-0.4, -0.2) is 18.6 Å². The molecule has 6 heavy (non-hydrogen) atoms. The first-order valence-corrected chi connectivity index (χ1v) is 1.49. The predicted molar refractivity (Wildman–Crippen MR) is 20.1 cm³/mol. The molecule has 0 aliphatic carbocycles. The highest BCUT2D eigenvalue weighted by atomic mass is 16.2. The first-order valence-electron chi connectivity index (χ1n) is 1.49. The van der Waals surface area contributed by atoms with Crippen molar-refractivity contribution in [3.05, 3.63) is 0 Å². The Morgan fingerprint density at radius 3 is 2.33 bits per heavy atom. The van der Waals surface area contributed by atoms with Crippen molar-refractivity contribution in [2.75, 3.05) is 6.54 Å². The number of aldehydes is 1. The van der Waals surface area contributed by atoms with E-state index < -0.39 is 5.78 Å². The van der Waals surface area contributed by atoms with Crippen molar-refractivity contribution in [3.63, 3.8) is 0 Å². The maximum Gasteiger partial charge on any atom is 0.208 e. The van der Waals surface area contributed by atoms with E-state index in [1.165, 1.54) is 0 Å². The lowest BCUT2D eigenvalue weighted by Crippen LogP contribution is -2.13. The molecule has 0 aliphatic heterocycles. The largest absolute Gasteiger partial charge is 0.324 e. The number of hydrogen-bond donors (Lipinski definition) is 1. The summed E-state index contributed by atoms with van der Waals surface area (Å²) < 4.78 is 0. The molecule has 2 N–H and O–H groups in total. The third kappa shape index (κ3) is 1.60. The Hall–Kier alpha value is -0.700. The lowest BCUT2D eigenvalue weighted by Gasteiger charge is -1.72. The van der Waals surface area contributed by atoms with Crippen LogP contribution in [0.3, 0.4) is 0 Å². The Bertz CT molecular complexity index is 69.2. The highest BCUT2D eigenvalue weighted by molar-refractivity contribution is 6.25. The summed E-state index contributed by atoms with van der Waals surface area (Å²) in [6.45, 7) is -0.177. The number of ketones is 1. The van der Waals surface area contributed by atoms with Crippen molar-refractivity contribution in [2.24, 2.45) is 5.73 Å². The molecule has 0 aromatic rings. The number of Topliss-reactive ketones (excluding diaryl/α,β-unsaturated/α-hetero) is 1. The van der Waals surface area contributed by atoms with Crippen molar-refractivity contribution in [1.82, 2.24) is 0 Å². The van der Waals surface area contributed by atoms with Crippen molar-refractivity contribution in [1.29, 1.82) is 0 Å². The molecule has 0 saturated carbocycles. The molecule has 0 atom stereocenters. The quantitative estimate of drug-likeness (QED) is 0.337. The first-order chi connectivity index (χ1) is 2.81. The molecule has 0 bridgehead atoms. The SMILES string of the molecule is NCC(=O)C=O. The van der Waals surface area contributed by atoms with E-state index in [1.54, 1.807) is 0 Å². The average Bonchev–Trinajstić information content (AvgIpc) is 1.65. The predicted octanol–water partition coefficient (Wildman–Crippen LogP) is -1.29. The fourth-order valence-corrected chi connectivity index (χ4v) is 0.0481. The Labute approximate surface area is 35.1 Å². The second-order valence-electron chi connectivity index (χ2n) is 0.788. The van der Waals surface area contributed by atoms with Gasteiger partial charge in [0.05, 0.1) is 6.54 Å². The lowest BCUT2D eigenvalue weighted by molar-refractivity contribution is -0.128. The molecule has 0 spiro atoms. The number of rotatable bonds is 2. The van der Waals surface area contributed by atoms with Crippen LogP contribution in [0.1, 0.15) is 0 Å². The maximum absolute atomic E-state index is 9.69. The minimum atomic E-state index is -0.560. The molecule has 0 fully saturated rings. The molecule has 0 aliphatic rings. The summed E-state index contributed by atoms with van der Waals surface area (Å²) in [6, 6.07) is 0. The summed E-state index contributed by atoms with van der Waals surface area (Å²) in [7, 11) is 0. The van der Waals surface area contributed by atoms with Crippen LogP contribution >= 0.6 is 0 Å². The van der Waals surface area contributed by atoms with Gasteiger partial charge in [-0.15, -0.1) is 0 Å². The van der Waals surface area contributed by atoms with E-state index >= 15 is 0 Å². The van der Waals surface area contributed by atoms with Crippen LogP contribution in [0.2, 0.25) is 0 Å². The van der Waals surface area contributed by atoms with Gasteiger partial charge < -0.3 is 5.73 Å². The lowest BCUT2D eigenvalue weighted by atomic mass is 10.5. The van der Waals surface area contributed by atoms with E-state index in [-0.39, 0.29) is 12.8 Å². The van der Waals surface area contributed by atoms with E-state index in [4.69, 9.17) is 5.73 Å². The van der Waals surface area contributed by atoms with Gasteiger partial charge >= 0.3 is 0 Å². The summed E-state index contributed by atoms with van der Waals surface area (Å²) >= 11 is 0. The third-order valence-corrected chi connectivity index (χ3v) is 0.333. The van der Waals surface area contributed by atoms with Crippen LogP contribution in [-0.2, 0) is 9.59 Å². The minimum absolute atomic E-state index is 0.177. The van der Waals surface area contributed by atoms with Crippen LogP contribution in [0, 0.1) is 0 Å². The Morgan fingerprint density at radius 1 is 1.83 bits per heavy atom. The van der Waals surface area contributed by atoms with Crippen molar-refractivity contribution in [2.45, 2.75) is 0 Å². The zero-order valence-electron chi connectivity index (χ0n) is 3.18. The fraction of sp³-hybridized carbons (Fsp3) is 0.333. The van der Waals surface area contributed by atoms with Crippen molar-refractivity contribution >= 4 is 12.1 Å². The van der Waals surface area contributed by atoms with Gasteiger partial charge in [-0.2, -0.15) is 0 Å². The van der Waals surface area contributed by atoms with Gasteiger partial charge in [0.25, 0.3) is 0 Å². The van der Waals surface area contributed by atoms with Gasteiger partial charge in [0.15, 0.2) is 6.29 Å². The Morgan fingerprint density at radius 2 is 2.33 bits per heavy atom. The summed E-state index contributed by atoms with van der Waals surface area (Å²) in [5.74, 6) is -0.560. The second-order valence-corrected chi connectivity index (χ2v) is 0.788. The number of carbonyl (C=O) groups excluding carboxylic acids is 2. The average molecular weight is 87.1 g/mol.